The standard InChI is InChI=1S/C32H32N2OS/c35-30-28-29(27-16-8-7-15-26(27)23-32(28)19-9-10-20-32)33-31(36-22-18-25-13-5-2-6-14-25)34(30)21-17-24-11-3-1-4-12-24/h1-8,11-16H,9-10,17-23H2. The molecule has 0 radical (unpaired) electrons. The molecule has 0 aliphatic heterocycles. The minimum Gasteiger partial charge on any atom is -0.287 e. The fourth-order valence-electron chi connectivity index (χ4n) is 6.14. The molecule has 0 N–H and O–H groups in total. The van der Waals surface area contributed by atoms with E-state index in [-0.39, 0.29) is 11.0 Å². The quantitative estimate of drug-likeness (QED) is 0.209. The topological polar surface area (TPSA) is 34.9 Å². The van der Waals surface area contributed by atoms with E-state index in [1.54, 1.807) is 11.8 Å². The van der Waals surface area contributed by atoms with Gasteiger partial charge in [0, 0.05) is 23.3 Å². The molecule has 1 heterocycles. The summed E-state index contributed by atoms with van der Waals surface area (Å²) in [5.41, 5.74) is 7.13. The van der Waals surface area contributed by atoms with Gasteiger partial charge >= 0.3 is 0 Å². The molecule has 4 aromatic rings. The second-order valence-electron chi connectivity index (χ2n) is 10.2. The molecule has 4 heteroatoms. The van der Waals surface area contributed by atoms with E-state index >= 15 is 0 Å². The van der Waals surface area contributed by atoms with Gasteiger partial charge in [-0.3, -0.25) is 9.36 Å². The van der Waals surface area contributed by atoms with E-state index in [0.29, 0.717) is 6.54 Å². The van der Waals surface area contributed by atoms with Crippen LogP contribution in [-0.2, 0) is 31.2 Å². The smallest absolute Gasteiger partial charge is 0.258 e. The Labute approximate surface area is 217 Å². The molecule has 3 aromatic carbocycles. The molecule has 2 aliphatic carbocycles. The van der Waals surface area contributed by atoms with Crippen LogP contribution in [0.1, 0.15) is 47.9 Å². The molecule has 1 spiro atoms. The zero-order valence-electron chi connectivity index (χ0n) is 20.7. The van der Waals surface area contributed by atoms with Crippen LogP contribution in [-0.4, -0.2) is 15.3 Å². The molecule has 3 nitrogen and oxygen atoms in total. The van der Waals surface area contributed by atoms with Crippen molar-refractivity contribution >= 4 is 11.8 Å². The first-order valence-corrected chi connectivity index (χ1v) is 14.2. The third kappa shape index (κ3) is 4.43. The van der Waals surface area contributed by atoms with E-state index in [2.05, 4.69) is 78.9 Å². The van der Waals surface area contributed by atoms with Crippen LogP contribution < -0.4 is 5.56 Å². The van der Waals surface area contributed by atoms with Crippen molar-refractivity contribution in [2.24, 2.45) is 0 Å². The van der Waals surface area contributed by atoms with Crippen LogP contribution in [0.15, 0.2) is 94.9 Å². The SMILES string of the molecule is O=c1c2c(nc(SCCc3ccccc3)n1CCc1ccccc1)-c1ccccc1CC21CCCC1. The molecule has 1 aromatic heterocycles. The first kappa shape index (κ1) is 23.3. The summed E-state index contributed by atoms with van der Waals surface area (Å²) in [5.74, 6) is 0.896. The number of hydrogen-bond acceptors (Lipinski definition) is 3. The van der Waals surface area contributed by atoms with E-state index in [1.165, 1.54) is 29.5 Å². The zero-order chi connectivity index (χ0) is 24.4. The Morgan fingerprint density at radius 3 is 2.17 bits per heavy atom. The average molecular weight is 493 g/mol. The molecule has 1 fully saturated rings. The Balaban J connectivity index is 1.43. The van der Waals surface area contributed by atoms with Gasteiger partial charge in [0.05, 0.1) is 11.3 Å². The molecular weight excluding hydrogens is 460 g/mol. The minimum absolute atomic E-state index is 0.0600. The van der Waals surface area contributed by atoms with Crippen molar-refractivity contribution in [2.75, 3.05) is 5.75 Å². The van der Waals surface area contributed by atoms with Crippen LogP contribution in [0, 0.1) is 0 Å². The maximum absolute atomic E-state index is 14.4. The second kappa shape index (κ2) is 10.1. The Kier molecular flexibility index (Phi) is 6.54. The Bertz CT molecular complexity index is 1410. The van der Waals surface area contributed by atoms with E-state index in [4.69, 9.17) is 4.98 Å². The summed E-state index contributed by atoms with van der Waals surface area (Å²) >= 11 is 1.72. The lowest BCUT2D eigenvalue weighted by molar-refractivity contribution is 0.415. The van der Waals surface area contributed by atoms with Crippen molar-refractivity contribution in [2.45, 2.75) is 62.1 Å². The number of rotatable bonds is 7. The van der Waals surface area contributed by atoms with Gasteiger partial charge in [0.1, 0.15) is 0 Å². The lowest BCUT2D eigenvalue weighted by Crippen LogP contribution is -2.40. The van der Waals surface area contributed by atoms with Crippen LogP contribution >= 0.6 is 11.8 Å². The fourth-order valence-corrected chi connectivity index (χ4v) is 7.15. The van der Waals surface area contributed by atoms with Gasteiger partial charge in [0.25, 0.3) is 5.56 Å². The van der Waals surface area contributed by atoms with Crippen molar-refractivity contribution in [1.82, 2.24) is 9.55 Å². The van der Waals surface area contributed by atoms with Gasteiger partial charge in [0.15, 0.2) is 5.16 Å². The molecule has 2 aliphatic rings. The highest BCUT2D eigenvalue weighted by molar-refractivity contribution is 7.99. The van der Waals surface area contributed by atoms with Crippen LogP contribution in [0.3, 0.4) is 0 Å². The molecule has 36 heavy (non-hydrogen) atoms. The Morgan fingerprint density at radius 1 is 0.806 bits per heavy atom. The number of thioether (sulfide) groups is 1. The summed E-state index contributed by atoms with van der Waals surface area (Å²) in [5, 5.41) is 0.857. The molecular formula is C32H32N2OS. The third-order valence-corrected chi connectivity index (χ3v) is 8.94. The molecule has 6 rings (SSSR count). The summed E-state index contributed by atoms with van der Waals surface area (Å²) in [6.45, 7) is 0.661. The van der Waals surface area contributed by atoms with Crippen molar-refractivity contribution in [3.63, 3.8) is 0 Å². The van der Waals surface area contributed by atoms with Crippen molar-refractivity contribution in [3.05, 3.63) is 118 Å². The lowest BCUT2D eigenvalue weighted by atomic mass is 9.68. The normalized spacial score (nSPS) is 15.6. The fraction of sp³-hybridized carbons (Fsp3) is 0.312. The number of hydrogen-bond donors (Lipinski definition) is 0. The summed E-state index contributed by atoms with van der Waals surface area (Å²) in [4.78, 5) is 19.7. The molecule has 0 atom stereocenters. The molecule has 0 unspecified atom stereocenters. The van der Waals surface area contributed by atoms with Crippen molar-refractivity contribution in [1.29, 1.82) is 0 Å². The van der Waals surface area contributed by atoms with Gasteiger partial charge in [0.2, 0.25) is 0 Å². The van der Waals surface area contributed by atoms with Crippen LogP contribution in [0.2, 0.25) is 0 Å². The van der Waals surface area contributed by atoms with Gasteiger partial charge in [-0.1, -0.05) is 110 Å². The predicted octanol–water partition coefficient (Wildman–Crippen LogP) is 6.86. The van der Waals surface area contributed by atoms with Gasteiger partial charge in [-0.25, -0.2) is 4.98 Å². The Hall–Kier alpha value is -3.11. The number of aromatic nitrogens is 2. The van der Waals surface area contributed by atoms with Gasteiger partial charge in [-0.15, -0.1) is 0 Å². The lowest BCUT2D eigenvalue weighted by Gasteiger charge is -2.36. The summed E-state index contributed by atoms with van der Waals surface area (Å²) in [7, 11) is 0. The number of fused-ring (bicyclic) bond motifs is 4. The van der Waals surface area contributed by atoms with E-state index < -0.39 is 0 Å². The first-order valence-electron chi connectivity index (χ1n) is 13.2. The maximum Gasteiger partial charge on any atom is 0.258 e. The highest BCUT2D eigenvalue weighted by Gasteiger charge is 2.44. The Morgan fingerprint density at radius 2 is 1.44 bits per heavy atom. The summed E-state index contributed by atoms with van der Waals surface area (Å²) in [6, 6.07) is 29.7. The van der Waals surface area contributed by atoms with Crippen LogP contribution in [0.5, 0.6) is 0 Å². The summed E-state index contributed by atoms with van der Waals surface area (Å²) in [6.07, 6.45) is 7.31. The van der Waals surface area contributed by atoms with E-state index in [9.17, 15) is 4.79 Å². The van der Waals surface area contributed by atoms with E-state index in [1.807, 2.05) is 10.6 Å². The first-order chi connectivity index (χ1) is 17.7. The van der Waals surface area contributed by atoms with Gasteiger partial charge < -0.3 is 0 Å². The number of nitrogens with zero attached hydrogens (tertiary/aromatic N) is 2. The number of aryl methyl sites for hydroxylation is 2. The highest BCUT2D eigenvalue weighted by atomic mass is 32.2. The van der Waals surface area contributed by atoms with E-state index in [0.717, 1.165) is 59.8 Å². The molecule has 182 valence electrons. The predicted molar refractivity (Wildman–Crippen MR) is 149 cm³/mol. The monoisotopic (exact) mass is 492 g/mol. The average Bonchev–Trinajstić information content (AvgIpc) is 3.37. The highest BCUT2D eigenvalue weighted by Crippen LogP contribution is 2.50. The zero-order valence-corrected chi connectivity index (χ0v) is 21.5. The third-order valence-electron chi connectivity index (χ3n) is 7.96. The van der Waals surface area contributed by atoms with Gasteiger partial charge in [-0.05, 0) is 48.8 Å². The summed E-state index contributed by atoms with van der Waals surface area (Å²) < 4.78 is 2.00. The molecule has 0 bridgehead atoms. The molecule has 0 saturated heterocycles. The van der Waals surface area contributed by atoms with Crippen molar-refractivity contribution < 1.29 is 0 Å². The maximum atomic E-state index is 14.4. The largest absolute Gasteiger partial charge is 0.287 e. The number of benzene rings is 3. The van der Waals surface area contributed by atoms with Crippen LogP contribution in [0.25, 0.3) is 11.3 Å². The minimum atomic E-state index is -0.0600. The van der Waals surface area contributed by atoms with Gasteiger partial charge in [-0.2, -0.15) is 0 Å². The molecule has 0 amide bonds. The van der Waals surface area contributed by atoms with Crippen molar-refractivity contribution in [3.8, 4) is 11.3 Å². The second-order valence-corrected chi connectivity index (χ2v) is 11.3. The van der Waals surface area contributed by atoms with Crippen LogP contribution in [0.4, 0.5) is 0 Å². The molecule has 1 saturated carbocycles.